The summed E-state index contributed by atoms with van der Waals surface area (Å²) in [6.07, 6.45) is 5.25. The van der Waals surface area contributed by atoms with Gasteiger partial charge in [-0.3, -0.25) is 4.98 Å². The van der Waals surface area contributed by atoms with Crippen molar-refractivity contribution >= 4 is 11.6 Å². The molecular weight excluding hydrogens is 268 g/mol. The van der Waals surface area contributed by atoms with E-state index in [1.807, 2.05) is 24.4 Å². The van der Waals surface area contributed by atoms with Crippen LogP contribution in [0.3, 0.4) is 0 Å². The van der Waals surface area contributed by atoms with Crippen molar-refractivity contribution in [2.45, 2.75) is 38.1 Å². The van der Waals surface area contributed by atoms with E-state index in [2.05, 4.69) is 24.0 Å². The average Bonchev–Trinajstić information content (AvgIpc) is 2.45. The molecule has 1 aliphatic carbocycles. The summed E-state index contributed by atoms with van der Waals surface area (Å²) in [4.78, 5) is 4.58. The molecule has 0 radical (unpaired) electrons. The Morgan fingerprint density at radius 1 is 1.35 bits per heavy atom. The molecule has 2 unspecified atom stereocenters. The maximum atomic E-state index is 6.52. The lowest BCUT2D eigenvalue weighted by Gasteiger charge is -2.29. The Labute approximate surface area is 125 Å². The van der Waals surface area contributed by atoms with Gasteiger partial charge in [0.1, 0.15) is 0 Å². The normalized spacial score (nSPS) is 19.4. The number of benzene rings is 1. The molecule has 3 heteroatoms. The van der Waals surface area contributed by atoms with Crippen LogP contribution in [0.15, 0.2) is 36.5 Å². The van der Waals surface area contributed by atoms with E-state index in [1.54, 1.807) is 0 Å². The van der Waals surface area contributed by atoms with Crippen molar-refractivity contribution in [3.05, 3.63) is 63.9 Å². The van der Waals surface area contributed by atoms with Gasteiger partial charge in [-0.2, -0.15) is 0 Å². The van der Waals surface area contributed by atoms with Gasteiger partial charge in [-0.05, 0) is 61.1 Å². The second-order valence-corrected chi connectivity index (χ2v) is 6.07. The third-order valence-electron chi connectivity index (χ3n) is 4.12. The van der Waals surface area contributed by atoms with Gasteiger partial charge in [-0.15, -0.1) is 0 Å². The molecular formula is C17H19ClN2. The molecule has 2 N–H and O–H groups in total. The first kappa shape index (κ1) is 13.6. The van der Waals surface area contributed by atoms with Crippen LogP contribution in [0.1, 0.15) is 47.2 Å². The molecule has 1 aliphatic rings. The van der Waals surface area contributed by atoms with Gasteiger partial charge in [-0.1, -0.05) is 23.7 Å². The van der Waals surface area contributed by atoms with Crippen LogP contribution in [0.5, 0.6) is 0 Å². The van der Waals surface area contributed by atoms with Crippen molar-refractivity contribution in [2.75, 3.05) is 0 Å². The van der Waals surface area contributed by atoms with Gasteiger partial charge in [-0.25, -0.2) is 0 Å². The molecule has 0 saturated carbocycles. The maximum absolute atomic E-state index is 6.52. The summed E-state index contributed by atoms with van der Waals surface area (Å²) in [7, 11) is 0. The Hall–Kier alpha value is -1.38. The van der Waals surface area contributed by atoms with Crippen LogP contribution < -0.4 is 5.73 Å². The minimum atomic E-state index is -0.0404. The van der Waals surface area contributed by atoms with Crippen LogP contribution in [-0.4, -0.2) is 4.98 Å². The van der Waals surface area contributed by atoms with E-state index in [0.29, 0.717) is 0 Å². The number of aromatic nitrogens is 1. The van der Waals surface area contributed by atoms with Crippen molar-refractivity contribution in [1.82, 2.24) is 4.98 Å². The van der Waals surface area contributed by atoms with Gasteiger partial charge < -0.3 is 5.73 Å². The van der Waals surface area contributed by atoms with Crippen molar-refractivity contribution in [3.63, 3.8) is 0 Å². The first-order chi connectivity index (χ1) is 9.65. The van der Waals surface area contributed by atoms with E-state index in [1.165, 1.54) is 17.7 Å². The fraction of sp³-hybridized carbons (Fsp3) is 0.353. The number of rotatable bonds is 2. The third-order valence-corrected chi connectivity index (χ3v) is 4.34. The van der Waals surface area contributed by atoms with Crippen molar-refractivity contribution in [3.8, 4) is 0 Å². The SMILES string of the molecule is Cc1cc(Cl)cc(C(N)C2CCCc3cccnc32)c1. The Balaban J connectivity index is 1.97. The molecule has 0 bridgehead atoms. The first-order valence-corrected chi connectivity index (χ1v) is 7.49. The largest absolute Gasteiger partial charge is 0.323 e. The molecule has 1 heterocycles. The van der Waals surface area contributed by atoms with Crippen molar-refractivity contribution in [1.29, 1.82) is 0 Å². The van der Waals surface area contributed by atoms with Gasteiger partial charge in [0.25, 0.3) is 0 Å². The zero-order chi connectivity index (χ0) is 14.1. The zero-order valence-corrected chi connectivity index (χ0v) is 12.4. The molecule has 0 amide bonds. The number of nitrogens with zero attached hydrogens (tertiary/aromatic N) is 1. The predicted octanol–water partition coefficient (Wildman–Crippen LogP) is 4.16. The van der Waals surface area contributed by atoms with Crippen LogP contribution in [0.2, 0.25) is 5.02 Å². The van der Waals surface area contributed by atoms with Gasteiger partial charge in [0, 0.05) is 28.9 Å². The lowest BCUT2D eigenvalue weighted by atomic mass is 9.80. The lowest BCUT2D eigenvalue weighted by molar-refractivity contribution is 0.462. The minimum Gasteiger partial charge on any atom is -0.323 e. The van der Waals surface area contributed by atoms with Gasteiger partial charge in [0.05, 0.1) is 0 Å². The Bertz CT molecular complexity index is 604. The molecule has 20 heavy (non-hydrogen) atoms. The van der Waals surface area contributed by atoms with E-state index in [4.69, 9.17) is 17.3 Å². The quantitative estimate of drug-likeness (QED) is 0.900. The maximum Gasteiger partial charge on any atom is 0.0485 e. The van der Waals surface area contributed by atoms with Crippen LogP contribution in [-0.2, 0) is 6.42 Å². The summed E-state index contributed by atoms with van der Waals surface area (Å²) in [5.41, 5.74) is 11.3. The number of hydrogen-bond acceptors (Lipinski definition) is 2. The molecule has 0 spiro atoms. The highest BCUT2D eigenvalue weighted by atomic mass is 35.5. The second-order valence-electron chi connectivity index (χ2n) is 5.63. The summed E-state index contributed by atoms with van der Waals surface area (Å²) in [6.45, 7) is 2.05. The van der Waals surface area contributed by atoms with E-state index >= 15 is 0 Å². The van der Waals surface area contributed by atoms with E-state index in [0.717, 1.165) is 29.0 Å². The van der Waals surface area contributed by atoms with Crippen LogP contribution in [0.25, 0.3) is 0 Å². The highest BCUT2D eigenvalue weighted by Crippen LogP contribution is 2.38. The highest BCUT2D eigenvalue weighted by Gasteiger charge is 2.27. The van der Waals surface area contributed by atoms with Gasteiger partial charge in [0.15, 0.2) is 0 Å². The summed E-state index contributed by atoms with van der Waals surface area (Å²) in [5, 5.41) is 0.757. The number of nitrogens with two attached hydrogens (primary N) is 1. The Kier molecular flexibility index (Phi) is 3.77. The second kappa shape index (κ2) is 5.55. The average molecular weight is 287 g/mol. The molecule has 1 aromatic heterocycles. The monoisotopic (exact) mass is 286 g/mol. The lowest BCUT2D eigenvalue weighted by Crippen LogP contribution is -2.24. The molecule has 3 rings (SSSR count). The Morgan fingerprint density at radius 3 is 3.00 bits per heavy atom. The Morgan fingerprint density at radius 2 is 2.20 bits per heavy atom. The number of fused-ring (bicyclic) bond motifs is 1. The van der Waals surface area contributed by atoms with E-state index < -0.39 is 0 Å². The van der Waals surface area contributed by atoms with E-state index in [-0.39, 0.29) is 12.0 Å². The molecule has 104 valence electrons. The highest BCUT2D eigenvalue weighted by molar-refractivity contribution is 6.30. The van der Waals surface area contributed by atoms with Crippen LogP contribution in [0, 0.1) is 6.92 Å². The summed E-state index contributed by atoms with van der Waals surface area (Å²) < 4.78 is 0. The minimum absolute atomic E-state index is 0.0404. The fourth-order valence-corrected chi connectivity index (χ4v) is 3.48. The molecule has 2 atom stereocenters. The third kappa shape index (κ3) is 2.58. The smallest absolute Gasteiger partial charge is 0.0485 e. The standard InChI is InChI=1S/C17H19ClN2/c1-11-8-13(10-14(18)9-11)16(19)15-6-2-4-12-5-3-7-20-17(12)15/h3,5,7-10,15-16H,2,4,6,19H2,1H3. The summed E-state index contributed by atoms with van der Waals surface area (Å²) in [6, 6.07) is 10.2. The first-order valence-electron chi connectivity index (χ1n) is 7.11. The molecule has 0 fully saturated rings. The molecule has 0 saturated heterocycles. The topological polar surface area (TPSA) is 38.9 Å². The fourth-order valence-electron chi connectivity index (χ4n) is 3.18. The number of aryl methyl sites for hydroxylation is 2. The molecule has 2 nitrogen and oxygen atoms in total. The summed E-state index contributed by atoms with van der Waals surface area (Å²) in [5.74, 6) is 0.290. The molecule has 2 aromatic rings. The van der Waals surface area contributed by atoms with Crippen LogP contribution in [0.4, 0.5) is 0 Å². The number of pyridine rings is 1. The predicted molar refractivity (Wildman–Crippen MR) is 83.0 cm³/mol. The molecule has 0 aliphatic heterocycles. The van der Waals surface area contributed by atoms with Crippen LogP contribution >= 0.6 is 11.6 Å². The molecule has 1 aromatic carbocycles. The van der Waals surface area contributed by atoms with Crippen molar-refractivity contribution < 1.29 is 0 Å². The summed E-state index contributed by atoms with van der Waals surface area (Å²) >= 11 is 6.16. The van der Waals surface area contributed by atoms with Gasteiger partial charge in [0.2, 0.25) is 0 Å². The van der Waals surface area contributed by atoms with E-state index in [9.17, 15) is 0 Å². The van der Waals surface area contributed by atoms with Gasteiger partial charge >= 0.3 is 0 Å². The number of hydrogen-bond donors (Lipinski definition) is 1. The zero-order valence-electron chi connectivity index (χ0n) is 11.6. The number of halogens is 1. The van der Waals surface area contributed by atoms with Crippen molar-refractivity contribution in [2.24, 2.45) is 5.73 Å².